The van der Waals surface area contributed by atoms with Crippen molar-refractivity contribution >= 4 is 0 Å². The van der Waals surface area contributed by atoms with Crippen LogP contribution in [0.3, 0.4) is 0 Å². The van der Waals surface area contributed by atoms with Gasteiger partial charge in [-0.25, -0.2) is 8.78 Å². The van der Waals surface area contributed by atoms with Crippen molar-refractivity contribution in [3.8, 4) is 5.75 Å². The first-order valence-electron chi connectivity index (χ1n) is 4.49. The molecule has 1 aromatic rings. The van der Waals surface area contributed by atoms with Crippen LogP contribution in [0.25, 0.3) is 0 Å². The second-order valence-electron chi connectivity index (χ2n) is 3.22. The maximum Gasteiger partial charge on any atom is 0.162 e. The van der Waals surface area contributed by atoms with E-state index in [1.54, 1.807) is 0 Å². The van der Waals surface area contributed by atoms with Crippen LogP contribution in [-0.4, -0.2) is 5.11 Å². The van der Waals surface area contributed by atoms with E-state index in [0.717, 1.165) is 18.6 Å². The van der Waals surface area contributed by atoms with Gasteiger partial charge in [-0.1, -0.05) is 13.3 Å². The second kappa shape index (κ2) is 4.37. The zero-order valence-corrected chi connectivity index (χ0v) is 7.93. The maximum atomic E-state index is 12.8. The lowest BCUT2D eigenvalue weighted by atomic mass is 10.0. The molecule has 1 aromatic carbocycles. The van der Waals surface area contributed by atoms with Crippen LogP contribution in [0.15, 0.2) is 12.1 Å². The number of nitrogens with two attached hydrogens (primary N) is 1. The molecule has 0 unspecified atom stereocenters. The smallest absolute Gasteiger partial charge is 0.162 e. The molecule has 0 fully saturated rings. The van der Waals surface area contributed by atoms with E-state index in [0.29, 0.717) is 6.42 Å². The Labute approximate surface area is 81.4 Å². The third-order valence-corrected chi connectivity index (χ3v) is 2.07. The molecule has 0 saturated carbocycles. The van der Waals surface area contributed by atoms with Gasteiger partial charge in [-0.3, -0.25) is 0 Å². The van der Waals surface area contributed by atoms with Gasteiger partial charge in [-0.05, 0) is 12.5 Å². The summed E-state index contributed by atoms with van der Waals surface area (Å²) in [5.74, 6) is -2.33. The number of halogens is 2. The molecule has 4 heteroatoms. The minimum Gasteiger partial charge on any atom is -0.507 e. The van der Waals surface area contributed by atoms with Gasteiger partial charge in [0.05, 0.1) is 0 Å². The van der Waals surface area contributed by atoms with Gasteiger partial charge in [0.15, 0.2) is 11.6 Å². The zero-order valence-electron chi connectivity index (χ0n) is 7.93. The van der Waals surface area contributed by atoms with Crippen molar-refractivity contribution in [2.75, 3.05) is 0 Å². The van der Waals surface area contributed by atoms with Gasteiger partial charge in [0.2, 0.25) is 0 Å². The molecule has 0 aliphatic carbocycles. The lowest BCUT2D eigenvalue weighted by Crippen LogP contribution is -2.10. The molecule has 3 N–H and O–H groups in total. The van der Waals surface area contributed by atoms with Gasteiger partial charge in [0, 0.05) is 17.7 Å². The van der Waals surface area contributed by atoms with Crippen LogP contribution >= 0.6 is 0 Å². The first-order chi connectivity index (χ1) is 6.56. The molecule has 2 nitrogen and oxygen atoms in total. The first-order valence-corrected chi connectivity index (χ1v) is 4.49. The van der Waals surface area contributed by atoms with Gasteiger partial charge < -0.3 is 10.8 Å². The van der Waals surface area contributed by atoms with Crippen molar-refractivity contribution in [1.29, 1.82) is 0 Å². The topological polar surface area (TPSA) is 46.2 Å². The zero-order chi connectivity index (χ0) is 10.7. The van der Waals surface area contributed by atoms with Crippen LogP contribution in [-0.2, 0) is 0 Å². The van der Waals surface area contributed by atoms with Crippen LogP contribution in [0.4, 0.5) is 8.78 Å². The summed E-state index contributed by atoms with van der Waals surface area (Å²) in [6, 6.07) is 1.25. The van der Waals surface area contributed by atoms with E-state index in [-0.39, 0.29) is 11.3 Å². The summed E-state index contributed by atoms with van der Waals surface area (Å²) in [7, 11) is 0. The van der Waals surface area contributed by atoms with Crippen molar-refractivity contribution in [3.63, 3.8) is 0 Å². The van der Waals surface area contributed by atoms with Crippen molar-refractivity contribution in [1.82, 2.24) is 0 Å². The molecule has 0 saturated heterocycles. The molecule has 0 radical (unpaired) electrons. The Kier molecular flexibility index (Phi) is 3.41. The Morgan fingerprint density at radius 2 is 1.93 bits per heavy atom. The number of phenols is 1. The van der Waals surface area contributed by atoms with Gasteiger partial charge in [-0.15, -0.1) is 0 Å². The fraction of sp³-hybridized carbons (Fsp3) is 0.400. The highest BCUT2D eigenvalue weighted by Crippen LogP contribution is 2.27. The standard InChI is InChI=1S/C10H13F2NO/c1-2-3-9(13)6-4-7(11)8(12)5-10(6)14/h4-5,9,14H,2-3,13H2,1H3/t9-/m1/s1. The fourth-order valence-electron chi connectivity index (χ4n) is 1.32. The largest absolute Gasteiger partial charge is 0.507 e. The van der Waals surface area contributed by atoms with Crippen LogP contribution in [0.1, 0.15) is 31.4 Å². The third kappa shape index (κ3) is 2.20. The Balaban J connectivity index is 3.02. The monoisotopic (exact) mass is 201 g/mol. The Morgan fingerprint density at radius 3 is 2.50 bits per heavy atom. The van der Waals surface area contributed by atoms with Crippen molar-refractivity contribution < 1.29 is 13.9 Å². The third-order valence-electron chi connectivity index (χ3n) is 2.07. The summed E-state index contributed by atoms with van der Waals surface area (Å²) in [5.41, 5.74) is 5.93. The lowest BCUT2D eigenvalue weighted by Gasteiger charge is -2.12. The predicted octanol–water partition coefficient (Wildman–Crippen LogP) is 2.47. The minimum atomic E-state index is -1.06. The molecule has 0 aliphatic heterocycles. The molecule has 0 bridgehead atoms. The average molecular weight is 201 g/mol. The Bertz CT molecular complexity index is 328. The fourth-order valence-corrected chi connectivity index (χ4v) is 1.32. The molecule has 0 heterocycles. The van der Waals surface area contributed by atoms with E-state index >= 15 is 0 Å². The van der Waals surface area contributed by atoms with Crippen LogP contribution in [0.2, 0.25) is 0 Å². The molecule has 1 rings (SSSR count). The molecule has 0 spiro atoms. The van der Waals surface area contributed by atoms with Crippen molar-refractivity contribution in [3.05, 3.63) is 29.3 Å². The van der Waals surface area contributed by atoms with Gasteiger partial charge in [0.25, 0.3) is 0 Å². The number of rotatable bonds is 3. The Morgan fingerprint density at radius 1 is 1.36 bits per heavy atom. The molecule has 0 aromatic heterocycles. The van der Waals surface area contributed by atoms with Crippen LogP contribution < -0.4 is 5.73 Å². The van der Waals surface area contributed by atoms with Gasteiger partial charge in [0.1, 0.15) is 5.75 Å². The predicted molar refractivity (Wildman–Crippen MR) is 49.9 cm³/mol. The summed E-state index contributed by atoms with van der Waals surface area (Å²) < 4.78 is 25.5. The van der Waals surface area contributed by atoms with E-state index in [4.69, 9.17) is 5.73 Å². The summed E-state index contributed by atoms with van der Waals surface area (Å²) in [4.78, 5) is 0. The number of benzene rings is 1. The van der Waals surface area contributed by atoms with Crippen LogP contribution in [0.5, 0.6) is 5.75 Å². The summed E-state index contributed by atoms with van der Waals surface area (Å²) in [6.07, 6.45) is 1.44. The molecule has 1 atom stereocenters. The highest BCUT2D eigenvalue weighted by Gasteiger charge is 2.14. The molecule has 0 amide bonds. The highest BCUT2D eigenvalue weighted by atomic mass is 19.2. The lowest BCUT2D eigenvalue weighted by molar-refractivity contribution is 0.438. The summed E-state index contributed by atoms with van der Waals surface area (Å²) in [5, 5.41) is 9.33. The van der Waals surface area contributed by atoms with Crippen molar-refractivity contribution in [2.45, 2.75) is 25.8 Å². The molecular weight excluding hydrogens is 188 g/mol. The molecule has 14 heavy (non-hydrogen) atoms. The Hall–Kier alpha value is -1.16. The van der Waals surface area contributed by atoms with E-state index in [1.807, 2.05) is 6.92 Å². The van der Waals surface area contributed by atoms with Crippen LogP contribution in [0, 0.1) is 11.6 Å². The van der Waals surface area contributed by atoms with Crippen molar-refractivity contribution in [2.24, 2.45) is 5.73 Å². The van der Waals surface area contributed by atoms with E-state index < -0.39 is 17.7 Å². The minimum absolute atomic E-state index is 0.255. The second-order valence-corrected chi connectivity index (χ2v) is 3.22. The number of phenolic OH excluding ortho intramolecular Hbond substituents is 1. The normalized spacial score (nSPS) is 12.9. The SMILES string of the molecule is CCC[C@@H](N)c1cc(F)c(F)cc1O. The quantitative estimate of drug-likeness (QED) is 0.789. The first kappa shape index (κ1) is 10.9. The highest BCUT2D eigenvalue weighted by molar-refractivity contribution is 5.35. The van der Waals surface area contributed by atoms with E-state index in [9.17, 15) is 13.9 Å². The van der Waals surface area contributed by atoms with Gasteiger partial charge in [-0.2, -0.15) is 0 Å². The number of hydrogen-bond acceptors (Lipinski definition) is 2. The average Bonchev–Trinajstić information content (AvgIpc) is 2.11. The summed E-state index contributed by atoms with van der Waals surface area (Å²) >= 11 is 0. The van der Waals surface area contributed by atoms with E-state index in [1.165, 1.54) is 0 Å². The van der Waals surface area contributed by atoms with Gasteiger partial charge >= 0.3 is 0 Å². The number of aromatic hydroxyl groups is 1. The molecular formula is C10H13F2NO. The molecule has 78 valence electrons. The summed E-state index contributed by atoms with van der Waals surface area (Å²) in [6.45, 7) is 1.93. The maximum absolute atomic E-state index is 12.8. The number of hydrogen-bond donors (Lipinski definition) is 2. The molecule has 0 aliphatic rings. The van der Waals surface area contributed by atoms with E-state index in [2.05, 4.69) is 0 Å².